The highest BCUT2D eigenvalue weighted by Gasteiger charge is 2.70. The summed E-state index contributed by atoms with van der Waals surface area (Å²) in [6.07, 6.45) is 9.27. The summed E-state index contributed by atoms with van der Waals surface area (Å²) >= 11 is 0. The fourth-order valence-electron chi connectivity index (χ4n) is 11.9. The van der Waals surface area contributed by atoms with Crippen molar-refractivity contribution in [2.75, 3.05) is 13.7 Å². The quantitative estimate of drug-likeness (QED) is 0.182. The first-order valence-corrected chi connectivity index (χ1v) is 19.7. The Morgan fingerprint density at radius 3 is 2.27 bits per heavy atom. The zero-order valence-corrected chi connectivity index (χ0v) is 32.8. The van der Waals surface area contributed by atoms with E-state index < -0.39 is 69.7 Å². The molecule has 0 radical (unpaired) electrons. The maximum Gasteiger partial charge on any atom is 0.325 e. The highest BCUT2D eigenvalue weighted by atomic mass is 16.6. The minimum atomic E-state index is -1.63. The van der Waals surface area contributed by atoms with Gasteiger partial charge in [-0.25, -0.2) is 0 Å². The van der Waals surface area contributed by atoms with E-state index in [9.17, 15) is 19.8 Å². The van der Waals surface area contributed by atoms with Crippen LogP contribution in [0.15, 0.2) is 34.9 Å². The van der Waals surface area contributed by atoms with Gasteiger partial charge in [0.15, 0.2) is 23.1 Å². The van der Waals surface area contributed by atoms with Crippen LogP contribution in [0.5, 0.6) is 0 Å². The lowest BCUT2D eigenvalue weighted by molar-refractivity contribution is -0.167. The molecule has 1 heterocycles. The molecule has 0 amide bonds. The molecule has 2 fully saturated rings. The topological polar surface area (TPSA) is 127 Å². The van der Waals surface area contributed by atoms with Crippen molar-refractivity contribution in [3.63, 3.8) is 0 Å². The number of allylic oxidation sites excluding steroid dienone is 3. The summed E-state index contributed by atoms with van der Waals surface area (Å²) in [6.45, 7) is 18.2. The summed E-state index contributed by atoms with van der Waals surface area (Å²) in [4.78, 5) is 59.0. The lowest BCUT2D eigenvalue weighted by Gasteiger charge is -2.56. The van der Waals surface area contributed by atoms with Crippen molar-refractivity contribution in [2.24, 2.45) is 64.1 Å². The Balaban J connectivity index is 1.80. The van der Waals surface area contributed by atoms with E-state index in [0.29, 0.717) is 25.7 Å². The molecule has 8 heteroatoms. The van der Waals surface area contributed by atoms with E-state index in [2.05, 4.69) is 32.9 Å². The van der Waals surface area contributed by atoms with Crippen LogP contribution in [0.4, 0.5) is 0 Å². The maximum atomic E-state index is 15.8. The average molecular weight is 709 g/mol. The summed E-state index contributed by atoms with van der Waals surface area (Å²) < 4.78 is 12.5. The van der Waals surface area contributed by atoms with E-state index in [1.54, 1.807) is 7.11 Å². The smallest absolute Gasteiger partial charge is 0.325 e. The first kappa shape index (κ1) is 39.8. The number of ether oxygens (including phenoxy) is 2. The average Bonchev–Trinajstić information content (AvgIpc) is 3.33. The number of rotatable bonds is 4. The maximum absolute atomic E-state index is 15.8. The molecule has 51 heavy (non-hydrogen) atoms. The van der Waals surface area contributed by atoms with Gasteiger partial charge in [-0.05, 0) is 69.6 Å². The van der Waals surface area contributed by atoms with Crippen molar-refractivity contribution < 1.29 is 38.9 Å². The van der Waals surface area contributed by atoms with Crippen LogP contribution in [0.25, 0.3) is 0 Å². The van der Waals surface area contributed by atoms with Crippen LogP contribution in [0.3, 0.4) is 0 Å². The minimum absolute atomic E-state index is 0.000242. The molecule has 1 spiro atoms. The number of Topliss-reactive ketones (excluding diaryl/α,β-unsaturated/α-hetero) is 3. The molecule has 2 N–H and O–H groups in total. The number of esters is 1. The third kappa shape index (κ3) is 6.27. The van der Waals surface area contributed by atoms with Crippen molar-refractivity contribution in [3.05, 3.63) is 34.9 Å². The third-order valence-electron chi connectivity index (χ3n) is 14.5. The van der Waals surface area contributed by atoms with Crippen molar-refractivity contribution in [1.29, 1.82) is 0 Å². The van der Waals surface area contributed by atoms with Gasteiger partial charge in [-0.3, -0.25) is 19.2 Å². The van der Waals surface area contributed by atoms with Gasteiger partial charge in [-0.15, -0.1) is 0 Å². The standard InChI is InChI=1S/C43H64O8/c1-11-30-18-29(22-44)16-25(5)37(50-10)23(3)14-13-15-41(9)20-26(6)27(7)21-43(41)39(48)34(40(49)51-43)38(47)42(12-2)35(30)24(4)17-31-33(46)19-32(45)28(8)36(31)42/h17-18,20,23,25,27-29,31,33-37,44,46H,11-16,19,21-22H2,1-10H3. The number of aliphatic hydroxyl groups is 2. The number of hydrogen-bond donors (Lipinski definition) is 2. The first-order chi connectivity index (χ1) is 24.0. The van der Waals surface area contributed by atoms with Crippen LogP contribution in [0, 0.1) is 64.1 Å². The molecule has 14 unspecified atom stereocenters. The summed E-state index contributed by atoms with van der Waals surface area (Å²) in [6, 6.07) is 0. The van der Waals surface area contributed by atoms with Gasteiger partial charge in [0.25, 0.3) is 0 Å². The summed E-state index contributed by atoms with van der Waals surface area (Å²) in [5.74, 6) is -5.63. The second-order valence-electron chi connectivity index (χ2n) is 17.5. The van der Waals surface area contributed by atoms with Crippen molar-refractivity contribution in [3.8, 4) is 0 Å². The Labute approximate surface area is 305 Å². The van der Waals surface area contributed by atoms with Gasteiger partial charge in [0.1, 0.15) is 5.78 Å². The zero-order chi connectivity index (χ0) is 37.8. The monoisotopic (exact) mass is 708 g/mol. The van der Waals surface area contributed by atoms with Crippen LogP contribution in [-0.4, -0.2) is 65.1 Å². The molecule has 0 aromatic heterocycles. The van der Waals surface area contributed by atoms with Crippen molar-refractivity contribution in [1.82, 2.24) is 0 Å². The summed E-state index contributed by atoms with van der Waals surface area (Å²) in [5.41, 5.74) is -0.694. The molecule has 0 aromatic rings. The predicted molar refractivity (Wildman–Crippen MR) is 196 cm³/mol. The van der Waals surface area contributed by atoms with Crippen LogP contribution < -0.4 is 0 Å². The summed E-state index contributed by atoms with van der Waals surface area (Å²) in [5, 5.41) is 22.2. The van der Waals surface area contributed by atoms with Gasteiger partial charge in [0.05, 0.1) is 12.2 Å². The lowest BCUT2D eigenvalue weighted by atomic mass is 9.45. The molecule has 1 saturated carbocycles. The molecule has 1 aliphatic heterocycles. The highest BCUT2D eigenvalue weighted by Crippen LogP contribution is 2.62. The fourth-order valence-corrected chi connectivity index (χ4v) is 11.9. The van der Waals surface area contributed by atoms with Gasteiger partial charge in [0.2, 0.25) is 0 Å². The minimum Gasteiger partial charge on any atom is -0.449 e. The largest absolute Gasteiger partial charge is 0.449 e. The molecule has 4 aliphatic carbocycles. The van der Waals surface area contributed by atoms with Gasteiger partial charge in [-0.2, -0.15) is 0 Å². The molecule has 5 aliphatic rings. The summed E-state index contributed by atoms with van der Waals surface area (Å²) in [7, 11) is 1.75. The van der Waals surface area contributed by atoms with Crippen LogP contribution in [0.2, 0.25) is 0 Å². The van der Waals surface area contributed by atoms with E-state index in [4.69, 9.17) is 9.47 Å². The van der Waals surface area contributed by atoms with Gasteiger partial charge in [0, 0.05) is 61.1 Å². The Morgan fingerprint density at radius 2 is 1.67 bits per heavy atom. The first-order valence-electron chi connectivity index (χ1n) is 19.7. The zero-order valence-electron chi connectivity index (χ0n) is 32.8. The van der Waals surface area contributed by atoms with E-state index in [-0.39, 0.29) is 55.0 Å². The van der Waals surface area contributed by atoms with E-state index in [1.807, 2.05) is 47.6 Å². The Kier molecular flexibility index (Phi) is 11.5. The van der Waals surface area contributed by atoms with Gasteiger partial charge in [-0.1, -0.05) is 89.8 Å². The molecular weight excluding hydrogens is 644 g/mol. The number of aliphatic hydroxyl groups excluding tert-OH is 2. The number of ketones is 3. The van der Waals surface area contributed by atoms with Gasteiger partial charge < -0.3 is 19.7 Å². The Bertz CT molecular complexity index is 1490. The van der Waals surface area contributed by atoms with Crippen molar-refractivity contribution in [2.45, 2.75) is 131 Å². The van der Waals surface area contributed by atoms with Crippen LogP contribution in [0.1, 0.15) is 114 Å². The van der Waals surface area contributed by atoms with Crippen LogP contribution >= 0.6 is 0 Å². The molecule has 2 bridgehead atoms. The Hall–Kier alpha value is -2.42. The molecule has 5 rings (SSSR count). The second kappa shape index (κ2) is 14.8. The number of carbonyl (C=O) groups excluding carboxylic acids is 4. The fraction of sp³-hybridized carbons (Fsp3) is 0.767. The van der Waals surface area contributed by atoms with E-state index in [1.165, 1.54) is 0 Å². The SMILES string of the molecule is CCC1=CC(CO)CC(C)C(OC)C(C)CCCC2(C)C=C(C)C(C)CC23OC(=O)C(C(=O)C2(CC)C1C(C)=CC1C(O)CC(=O)C(C)C12)C3=O. The molecule has 14 atom stereocenters. The normalized spacial score (nSPS) is 45.4. The lowest BCUT2D eigenvalue weighted by Crippen LogP contribution is -2.61. The number of carbonyl (C=O) groups is 4. The Morgan fingerprint density at radius 1 is 0.980 bits per heavy atom. The van der Waals surface area contributed by atoms with Crippen molar-refractivity contribution >= 4 is 23.3 Å². The van der Waals surface area contributed by atoms with Gasteiger partial charge >= 0.3 is 5.97 Å². The molecule has 0 aromatic carbocycles. The number of methoxy groups -OCH3 is 1. The number of fused-ring (bicyclic) bond motifs is 4. The van der Waals surface area contributed by atoms with E-state index in [0.717, 1.165) is 29.6 Å². The second-order valence-corrected chi connectivity index (χ2v) is 17.5. The molecule has 1 saturated heterocycles. The highest BCUT2D eigenvalue weighted by molar-refractivity contribution is 6.25. The van der Waals surface area contributed by atoms with Crippen LogP contribution in [-0.2, 0) is 28.7 Å². The molecule has 284 valence electrons. The van der Waals surface area contributed by atoms with E-state index >= 15 is 9.59 Å². The predicted octanol–water partition coefficient (Wildman–Crippen LogP) is 7.01. The number of hydrogen-bond acceptors (Lipinski definition) is 8. The third-order valence-corrected chi connectivity index (χ3v) is 14.5. The molecule has 8 nitrogen and oxygen atoms in total. The molecular formula is C43H64O8.